The molecule has 3 aromatic rings. The van der Waals surface area contributed by atoms with E-state index in [1.54, 1.807) is 56.5 Å². The molecule has 0 aliphatic heterocycles. The average molecular weight is 489 g/mol. The van der Waals surface area contributed by atoms with E-state index in [9.17, 15) is 13.2 Å². The molecule has 1 amide bonds. The first-order valence-electron chi connectivity index (χ1n) is 10.1. The average Bonchev–Trinajstić information content (AvgIpc) is 2.83. The van der Waals surface area contributed by atoms with E-state index in [0.29, 0.717) is 22.2 Å². The molecule has 0 aliphatic carbocycles. The van der Waals surface area contributed by atoms with Crippen LogP contribution in [-0.2, 0) is 14.8 Å². The van der Waals surface area contributed by atoms with Gasteiger partial charge in [-0.3, -0.25) is 9.10 Å². The van der Waals surface area contributed by atoms with Crippen molar-refractivity contribution in [2.45, 2.75) is 17.9 Å². The van der Waals surface area contributed by atoms with Gasteiger partial charge in [0.25, 0.3) is 10.0 Å². The fourth-order valence-electron chi connectivity index (χ4n) is 3.32. The highest BCUT2D eigenvalue weighted by Gasteiger charge is 2.28. The molecular weight excluding hydrogens is 464 g/mol. The summed E-state index contributed by atoms with van der Waals surface area (Å²) in [6.45, 7) is 1.38. The third kappa shape index (κ3) is 5.77. The van der Waals surface area contributed by atoms with Crippen LogP contribution in [0.4, 0.5) is 5.69 Å². The molecule has 1 atom stereocenters. The van der Waals surface area contributed by atoms with Gasteiger partial charge >= 0.3 is 0 Å². The summed E-state index contributed by atoms with van der Waals surface area (Å²) < 4.78 is 38.4. The quantitative estimate of drug-likeness (QED) is 0.481. The van der Waals surface area contributed by atoms with E-state index < -0.39 is 28.5 Å². The van der Waals surface area contributed by atoms with Crippen molar-refractivity contribution in [3.05, 3.63) is 83.4 Å². The maximum Gasteiger partial charge on any atom is 0.264 e. The lowest BCUT2D eigenvalue weighted by Gasteiger charge is -2.25. The highest BCUT2D eigenvalue weighted by molar-refractivity contribution is 7.92. The smallest absolute Gasteiger partial charge is 0.264 e. The maximum atomic E-state index is 13.5. The second-order valence-corrected chi connectivity index (χ2v) is 9.49. The van der Waals surface area contributed by atoms with Crippen molar-refractivity contribution in [3.8, 4) is 11.5 Å². The molecule has 0 heterocycles. The van der Waals surface area contributed by atoms with E-state index in [0.717, 1.165) is 9.87 Å². The first-order chi connectivity index (χ1) is 15.8. The van der Waals surface area contributed by atoms with Crippen molar-refractivity contribution in [1.29, 1.82) is 0 Å². The number of hydrogen-bond donors (Lipinski definition) is 1. The van der Waals surface area contributed by atoms with Gasteiger partial charge in [0.1, 0.15) is 18.0 Å². The van der Waals surface area contributed by atoms with Gasteiger partial charge in [0, 0.05) is 10.6 Å². The van der Waals surface area contributed by atoms with E-state index in [4.69, 9.17) is 21.1 Å². The number of amides is 1. The molecule has 0 spiro atoms. The first-order valence-corrected chi connectivity index (χ1v) is 11.9. The highest BCUT2D eigenvalue weighted by atomic mass is 35.5. The molecule has 7 nitrogen and oxygen atoms in total. The molecule has 0 bridgehead atoms. The summed E-state index contributed by atoms with van der Waals surface area (Å²) in [6.07, 6.45) is 0. The zero-order valence-corrected chi connectivity index (χ0v) is 20.1. The van der Waals surface area contributed by atoms with Crippen molar-refractivity contribution < 1.29 is 22.7 Å². The number of carbonyl (C=O) groups is 1. The Morgan fingerprint density at radius 3 is 2.21 bits per heavy atom. The monoisotopic (exact) mass is 488 g/mol. The topological polar surface area (TPSA) is 84.9 Å². The number of halogens is 1. The molecule has 0 unspecified atom stereocenters. The van der Waals surface area contributed by atoms with Crippen molar-refractivity contribution in [2.75, 3.05) is 25.1 Å². The molecule has 3 aromatic carbocycles. The zero-order valence-electron chi connectivity index (χ0n) is 18.5. The molecule has 0 fully saturated rings. The Hall–Kier alpha value is -3.23. The molecule has 0 saturated heterocycles. The molecule has 174 valence electrons. The SMILES string of the molecule is COc1ccc(S(=O)(=O)N(CC(=O)N[C@@H](C)c2ccccc2OC)c2ccc(Cl)cc2)cc1. The van der Waals surface area contributed by atoms with Crippen molar-refractivity contribution in [3.63, 3.8) is 0 Å². The molecule has 0 radical (unpaired) electrons. The van der Waals surface area contributed by atoms with Gasteiger partial charge in [0.05, 0.1) is 30.8 Å². The minimum absolute atomic E-state index is 0.0313. The van der Waals surface area contributed by atoms with E-state index >= 15 is 0 Å². The number of methoxy groups -OCH3 is 2. The number of rotatable bonds is 9. The van der Waals surface area contributed by atoms with Gasteiger partial charge in [0.15, 0.2) is 0 Å². The minimum atomic E-state index is -4.05. The molecule has 33 heavy (non-hydrogen) atoms. The van der Waals surface area contributed by atoms with E-state index in [2.05, 4.69) is 5.32 Å². The van der Waals surface area contributed by atoms with Crippen LogP contribution in [0.2, 0.25) is 5.02 Å². The fraction of sp³-hybridized carbons (Fsp3) is 0.208. The Bertz CT molecular complexity index is 1200. The van der Waals surface area contributed by atoms with E-state index in [1.165, 1.54) is 19.2 Å². The molecular formula is C24H25ClN2O5S. The van der Waals surface area contributed by atoms with Crippen LogP contribution in [0, 0.1) is 0 Å². The third-order valence-corrected chi connectivity index (χ3v) is 7.07. The second kappa shape index (κ2) is 10.6. The Labute approximate surface area is 198 Å². The van der Waals surface area contributed by atoms with Gasteiger partial charge in [-0.25, -0.2) is 8.42 Å². The number of carbonyl (C=O) groups excluding carboxylic acids is 1. The summed E-state index contributed by atoms with van der Waals surface area (Å²) in [5, 5.41) is 3.31. The predicted octanol–water partition coefficient (Wildman–Crippen LogP) is 4.43. The second-order valence-electron chi connectivity index (χ2n) is 7.19. The van der Waals surface area contributed by atoms with Crippen LogP contribution in [0.5, 0.6) is 11.5 Å². The largest absolute Gasteiger partial charge is 0.497 e. The Balaban J connectivity index is 1.89. The Morgan fingerprint density at radius 1 is 0.970 bits per heavy atom. The number of ether oxygens (including phenoxy) is 2. The number of anilines is 1. The zero-order chi connectivity index (χ0) is 24.0. The lowest BCUT2D eigenvalue weighted by molar-refractivity contribution is -0.120. The number of sulfonamides is 1. The van der Waals surface area contributed by atoms with Crippen molar-refractivity contribution in [1.82, 2.24) is 5.32 Å². The molecule has 0 saturated carbocycles. The first kappa shape index (κ1) is 24.4. The molecule has 0 aromatic heterocycles. The number of benzene rings is 3. The van der Waals surface area contributed by atoms with Crippen LogP contribution in [0.15, 0.2) is 77.7 Å². The third-order valence-electron chi connectivity index (χ3n) is 5.03. The lowest BCUT2D eigenvalue weighted by atomic mass is 10.1. The minimum Gasteiger partial charge on any atom is -0.497 e. The van der Waals surface area contributed by atoms with Crippen LogP contribution >= 0.6 is 11.6 Å². The molecule has 0 aliphatic rings. The van der Waals surface area contributed by atoms with E-state index in [1.807, 2.05) is 18.2 Å². The predicted molar refractivity (Wildman–Crippen MR) is 129 cm³/mol. The van der Waals surface area contributed by atoms with Crippen molar-refractivity contribution >= 4 is 33.2 Å². The normalized spacial score (nSPS) is 12.0. The summed E-state index contributed by atoms with van der Waals surface area (Å²) in [7, 11) is -1.00. The molecule has 3 rings (SSSR count). The van der Waals surface area contributed by atoms with Gasteiger partial charge < -0.3 is 14.8 Å². The summed E-state index contributed by atoms with van der Waals surface area (Å²) in [5.74, 6) is 0.682. The summed E-state index contributed by atoms with van der Waals surface area (Å²) in [6, 6.07) is 19.2. The van der Waals surface area contributed by atoms with Crippen LogP contribution in [-0.4, -0.2) is 35.1 Å². The summed E-state index contributed by atoms with van der Waals surface area (Å²) in [4.78, 5) is 13.0. The van der Waals surface area contributed by atoms with E-state index in [-0.39, 0.29) is 4.90 Å². The van der Waals surface area contributed by atoms with Crippen LogP contribution in [0.25, 0.3) is 0 Å². The Morgan fingerprint density at radius 2 is 1.61 bits per heavy atom. The molecule has 9 heteroatoms. The number of nitrogens with one attached hydrogen (secondary N) is 1. The molecule has 1 N–H and O–H groups in total. The lowest BCUT2D eigenvalue weighted by Crippen LogP contribution is -2.41. The standard InChI is InChI=1S/C24H25ClN2O5S/c1-17(22-6-4-5-7-23(22)32-3)26-24(28)16-27(19-10-8-18(25)9-11-19)33(29,30)21-14-12-20(31-2)13-15-21/h4-15,17H,16H2,1-3H3,(H,26,28)/t17-/m0/s1. The summed E-state index contributed by atoms with van der Waals surface area (Å²) >= 11 is 5.98. The fourth-order valence-corrected chi connectivity index (χ4v) is 4.86. The summed E-state index contributed by atoms with van der Waals surface area (Å²) in [5.41, 5.74) is 1.10. The van der Waals surface area contributed by atoms with Crippen LogP contribution < -0.4 is 19.1 Å². The van der Waals surface area contributed by atoms with Gasteiger partial charge in [-0.15, -0.1) is 0 Å². The number of nitrogens with zero attached hydrogens (tertiary/aromatic N) is 1. The van der Waals surface area contributed by atoms with Gasteiger partial charge in [0.2, 0.25) is 5.91 Å². The van der Waals surface area contributed by atoms with Gasteiger partial charge in [-0.2, -0.15) is 0 Å². The highest BCUT2D eigenvalue weighted by Crippen LogP contribution is 2.27. The number of hydrogen-bond acceptors (Lipinski definition) is 5. The number of para-hydroxylation sites is 1. The van der Waals surface area contributed by atoms with Crippen LogP contribution in [0.1, 0.15) is 18.5 Å². The van der Waals surface area contributed by atoms with Crippen LogP contribution in [0.3, 0.4) is 0 Å². The van der Waals surface area contributed by atoms with Crippen molar-refractivity contribution in [2.24, 2.45) is 0 Å². The Kier molecular flexibility index (Phi) is 7.84. The van der Waals surface area contributed by atoms with Gasteiger partial charge in [-0.05, 0) is 61.5 Å². The van der Waals surface area contributed by atoms with Gasteiger partial charge in [-0.1, -0.05) is 29.8 Å². The maximum absolute atomic E-state index is 13.5.